The van der Waals surface area contributed by atoms with Gasteiger partial charge in [-0.05, 0) is 24.7 Å². The zero-order chi connectivity index (χ0) is 14.8. The predicted octanol–water partition coefficient (Wildman–Crippen LogP) is 2.95. The van der Waals surface area contributed by atoms with Crippen molar-refractivity contribution in [1.29, 1.82) is 0 Å². The summed E-state index contributed by atoms with van der Waals surface area (Å²) >= 11 is 0. The highest BCUT2D eigenvalue weighted by Crippen LogP contribution is 2.31. The lowest BCUT2D eigenvalue weighted by Crippen LogP contribution is -2.26. The van der Waals surface area contributed by atoms with E-state index in [4.69, 9.17) is 9.84 Å². The second-order valence-electron chi connectivity index (χ2n) is 5.28. The molecule has 2 aromatic carbocycles. The number of benzene rings is 2. The molecule has 0 unspecified atom stereocenters. The highest BCUT2D eigenvalue weighted by molar-refractivity contribution is 5.88. The Hall–Kier alpha value is -2.33. The van der Waals surface area contributed by atoms with E-state index in [0.717, 1.165) is 12.1 Å². The van der Waals surface area contributed by atoms with Crippen molar-refractivity contribution in [2.75, 3.05) is 13.7 Å². The molecule has 0 amide bonds. The molecular weight excluding hydrogens is 266 g/mol. The summed E-state index contributed by atoms with van der Waals surface area (Å²) in [6.07, 6.45) is 0. The third-order valence-electron chi connectivity index (χ3n) is 3.85. The molecule has 108 valence electrons. The van der Waals surface area contributed by atoms with Gasteiger partial charge in [0.25, 0.3) is 0 Å². The molecule has 0 aromatic heterocycles. The lowest BCUT2D eigenvalue weighted by Gasteiger charge is -2.25. The molecule has 0 spiro atoms. The van der Waals surface area contributed by atoms with Crippen LogP contribution in [0.15, 0.2) is 48.5 Å². The Morgan fingerprint density at radius 1 is 1.24 bits per heavy atom. The minimum Gasteiger partial charge on any atom is -0.491 e. The zero-order valence-corrected chi connectivity index (χ0v) is 11.8. The number of aromatic carboxylic acids is 1. The number of carbonyl (C=O) groups is 1. The molecule has 1 atom stereocenters. The molecule has 2 aromatic rings. The van der Waals surface area contributed by atoms with E-state index in [0.29, 0.717) is 12.4 Å². The monoisotopic (exact) mass is 283 g/mol. The van der Waals surface area contributed by atoms with Crippen LogP contribution in [0.4, 0.5) is 0 Å². The highest BCUT2D eigenvalue weighted by Gasteiger charge is 2.23. The summed E-state index contributed by atoms with van der Waals surface area (Å²) in [7, 11) is 2.06. The maximum atomic E-state index is 11.1. The standard InChI is InChI=1S/C17H17NO3/c1-18-10-14-8-7-13(17(19)20)9-16(14)21-11-15(18)12-5-3-2-4-6-12/h2-9,15H,10-11H2,1H3,(H,19,20)/t15-/m1/s1. The van der Waals surface area contributed by atoms with Crippen molar-refractivity contribution >= 4 is 5.97 Å². The number of carboxylic acid groups (broad SMARTS) is 1. The molecule has 0 bridgehead atoms. The molecule has 1 heterocycles. The van der Waals surface area contributed by atoms with Gasteiger partial charge in [-0.25, -0.2) is 4.79 Å². The maximum absolute atomic E-state index is 11.1. The van der Waals surface area contributed by atoms with Gasteiger partial charge in [0.15, 0.2) is 0 Å². The first-order valence-corrected chi connectivity index (χ1v) is 6.89. The molecular formula is C17H17NO3. The van der Waals surface area contributed by atoms with Crippen LogP contribution in [0.2, 0.25) is 0 Å². The van der Waals surface area contributed by atoms with Gasteiger partial charge in [-0.1, -0.05) is 36.4 Å². The average Bonchev–Trinajstić information content (AvgIpc) is 2.65. The summed E-state index contributed by atoms with van der Waals surface area (Å²) in [5.41, 5.74) is 2.47. The molecule has 4 heteroatoms. The van der Waals surface area contributed by atoms with E-state index in [2.05, 4.69) is 24.1 Å². The van der Waals surface area contributed by atoms with E-state index >= 15 is 0 Å². The predicted molar refractivity (Wildman–Crippen MR) is 79.5 cm³/mol. The van der Waals surface area contributed by atoms with Gasteiger partial charge in [-0.15, -0.1) is 0 Å². The molecule has 4 nitrogen and oxygen atoms in total. The number of rotatable bonds is 2. The SMILES string of the molecule is CN1Cc2ccc(C(=O)O)cc2OC[C@@H]1c1ccccc1. The fourth-order valence-corrected chi connectivity index (χ4v) is 2.65. The lowest BCUT2D eigenvalue weighted by atomic mass is 10.1. The van der Waals surface area contributed by atoms with Crippen LogP contribution in [0.3, 0.4) is 0 Å². The van der Waals surface area contributed by atoms with E-state index in [9.17, 15) is 4.79 Å². The molecule has 0 saturated heterocycles. The molecule has 1 aliphatic rings. The number of fused-ring (bicyclic) bond motifs is 1. The van der Waals surface area contributed by atoms with Gasteiger partial charge >= 0.3 is 5.97 Å². The summed E-state index contributed by atoms with van der Waals surface area (Å²) in [4.78, 5) is 13.3. The quantitative estimate of drug-likeness (QED) is 0.920. The van der Waals surface area contributed by atoms with Crippen molar-refractivity contribution in [3.63, 3.8) is 0 Å². The molecule has 0 radical (unpaired) electrons. The second kappa shape index (κ2) is 5.58. The fraction of sp³-hybridized carbons (Fsp3) is 0.235. The van der Waals surface area contributed by atoms with Gasteiger partial charge in [0.05, 0.1) is 11.6 Å². The Morgan fingerprint density at radius 2 is 2.00 bits per heavy atom. The Balaban J connectivity index is 1.90. The van der Waals surface area contributed by atoms with E-state index in [1.165, 1.54) is 5.56 Å². The summed E-state index contributed by atoms with van der Waals surface area (Å²) in [5.74, 6) is -0.265. The van der Waals surface area contributed by atoms with Gasteiger partial charge in [0.1, 0.15) is 12.4 Å². The first-order chi connectivity index (χ1) is 10.1. The third-order valence-corrected chi connectivity index (χ3v) is 3.85. The third kappa shape index (κ3) is 2.76. The van der Waals surface area contributed by atoms with Crippen LogP contribution in [-0.4, -0.2) is 29.6 Å². The molecule has 0 aliphatic carbocycles. The first-order valence-electron chi connectivity index (χ1n) is 6.89. The first kappa shape index (κ1) is 13.6. The van der Waals surface area contributed by atoms with Crippen LogP contribution in [0.5, 0.6) is 5.75 Å². The van der Waals surface area contributed by atoms with Gasteiger partial charge < -0.3 is 9.84 Å². The lowest BCUT2D eigenvalue weighted by molar-refractivity contribution is 0.0696. The second-order valence-corrected chi connectivity index (χ2v) is 5.28. The van der Waals surface area contributed by atoms with Crippen molar-refractivity contribution in [2.24, 2.45) is 0 Å². The smallest absolute Gasteiger partial charge is 0.335 e. The molecule has 0 fully saturated rings. The van der Waals surface area contributed by atoms with Crippen molar-refractivity contribution in [1.82, 2.24) is 4.90 Å². The number of nitrogens with zero attached hydrogens (tertiary/aromatic N) is 1. The van der Waals surface area contributed by atoms with Crippen LogP contribution in [-0.2, 0) is 6.54 Å². The highest BCUT2D eigenvalue weighted by atomic mass is 16.5. The largest absolute Gasteiger partial charge is 0.491 e. The van der Waals surface area contributed by atoms with Gasteiger partial charge in [-0.3, -0.25) is 4.90 Å². The normalized spacial score (nSPS) is 18.4. The van der Waals surface area contributed by atoms with Crippen molar-refractivity contribution in [2.45, 2.75) is 12.6 Å². The minimum atomic E-state index is -0.932. The average molecular weight is 283 g/mol. The summed E-state index contributed by atoms with van der Waals surface area (Å²) in [6.45, 7) is 1.24. The Labute approximate surface area is 123 Å². The fourth-order valence-electron chi connectivity index (χ4n) is 2.65. The molecule has 3 rings (SSSR count). The van der Waals surface area contributed by atoms with Crippen molar-refractivity contribution in [3.05, 3.63) is 65.2 Å². The minimum absolute atomic E-state index is 0.159. The maximum Gasteiger partial charge on any atom is 0.335 e. The summed E-state index contributed by atoms with van der Waals surface area (Å²) in [5, 5.41) is 9.07. The summed E-state index contributed by atoms with van der Waals surface area (Å²) < 4.78 is 5.87. The van der Waals surface area contributed by atoms with Crippen molar-refractivity contribution in [3.8, 4) is 5.75 Å². The van der Waals surface area contributed by atoms with E-state index in [1.54, 1.807) is 12.1 Å². The number of ether oxygens (including phenoxy) is 1. The summed E-state index contributed by atoms with van der Waals surface area (Å²) in [6, 6.07) is 15.4. The van der Waals surface area contributed by atoms with Crippen molar-refractivity contribution < 1.29 is 14.6 Å². The van der Waals surface area contributed by atoms with Crippen LogP contribution in [0, 0.1) is 0 Å². The topological polar surface area (TPSA) is 49.8 Å². The molecule has 1 aliphatic heterocycles. The number of hydrogen-bond donors (Lipinski definition) is 1. The van der Waals surface area contributed by atoms with Gasteiger partial charge in [0, 0.05) is 12.1 Å². The van der Waals surface area contributed by atoms with E-state index in [-0.39, 0.29) is 11.6 Å². The van der Waals surface area contributed by atoms with Crippen LogP contribution >= 0.6 is 0 Å². The Morgan fingerprint density at radius 3 is 2.71 bits per heavy atom. The molecule has 1 N–H and O–H groups in total. The van der Waals surface area contributed by atoms with E-state index < -0.39 is 5.97 Å². The Kier molecular flexibility index (Phi) is 3.62. The number of hydrogen-bond acceptors (Lipinski definition) is 3. The van der Waals surface area contributed by atoms with Gasteiger partial charge in [0.2, 0.25) is 0 Å². The Bertz CT molecular complexity index is 654. The van der Waals surface area contributed by atoms with Crippen LogP contribution < -0.4 is 4.74 Å². The van der Waals surface area contributed by atoms with Gasteiger partial charge in [-0.2, -0.15) is 0 Å². The number of likely N-dealkylation sites (N-methyl/N-ethyl adjacent to an activating group) is 1. The molecule has 21 heavy (non-hydrogen) atoms. The van der Waals surface area contributed by atoms with E-state index in [1.807, 2.05) is 24.3 Å². The van der Waals surface area contributed by atoms with Crippen LogP contribution in [0.25, 0.3) is 0 Å². The molecule has 0 saturated carbocycles. The van der Waals surface area contributed by atoms with Crippen LogP contribution in [0.1, 0.15) is 27.5 Å². The number of carboxylic acids is 1. The zero-order valence-electron chi connectivity index (χ0n) is 11.8.